The number of nitrogens with zero attached hydrogens (tertiary/aromatic N) is 4. The van der Waals surface area contributed by atoms with Crippen molar-refractivity contribution >= 4 is 29.4 Å². The average molecular weight is 298 g/mol. The van der Waals surface area contributed by atoms with Gasteiger partial charge in [-0.05, 0) is 25.1 Å². The van der Waals surface area contributed by atoms with E-state index in [0.29, 0.717) is 17.8 Å². The third-order valence-corrected chi connectivity index (χ3v) is 2.94. The fourth-order valence-electron chi connectivity index (χ4n) is 1.70. The van der Waals surface area contributed by atoms with Crippen LogP contribution in [0.2, 0.25) is 5.15 Å². The lowest BCUT2D eigenvalue weighted by atomic mass is 10.1. The van der Waals surface area contributed by atoms with Crippen molar-refractivity contribution in [3.63, 3.8) is 0 Å². The first-order valence-corrected chi connectivity index (χ1v) is 6.17. The van der Waals surface area contributed by atoms with Gasteiger partial charge in [-0.25, -0.2) is 9.97 Å². The number of anilines is 2. The molecular formula is C14H8ClN5O. The lowest BCUT2D eigenvalue weighted by Crippen LogP contribution is -2.03. The quantitative estimate of drug-likeness (QED) is 0.690. The Kier molecular flexibility index (Phi) is 4.13. The van der Waals surface area contributed by atoms with Crippen LogP contribution in [0.5, 0.6) is 0 Å². The van der Waals surface area contributed by atoms with Gasteiger partial charge in [0.2, 0.25) is 0 Å². The number of aromatic nitrogens is 2. The number of rotatable bonds is 3. The first kappa shape index (κ1) is 14.4. The summed E-state index contributed by atoms with van der Waals surface area (Å²) in [6.07, 6.45) is 0.555. The molecule has 0 fully saturated rings. The maximum absolute atomic E-state index is 11.1. The Morgan fingerprint density at radius 2 is 1.95 bits per heavy atom. The van der Waals surface area contributed by atoms with Gasteiger partial charge in [0.05, 0.1) is 16.7 Å². The normalized spacial score (nSPS) is 9.52. The second-order valence-corrected chi connectivity index (χ2v) is 4.41. The molecule has 102 valence electrons. The predicted octanol–water partition coefficient (Wildman–Crippen LogP) is 2.74. The second-order valence-electron chi connectivity index (χ2n) is 4.05. The Hall–Kier alpha value is -2.96. The maximum atomic E-state index is 11.1. The Balaban J connectivity index is 2.46. The van der Waals surface area contributed by atoms with Crippen LogP contribution in [-0.4, -0.2) is 16.3 Å². The highest BCUT2D eigenvalue weighted by molar-refractivity contribution is 6.32. The Morgan fingerprint density at radius 3 is 2.57 bits per heavy atom. The summed E-state index contributed by atoms with van der Waals surface area (Å²) in [5.74, 6) is 0.651. The van der Waals surface area contributed by atoms with E-state index in [1.165, 1.54) is 12.1 Å². The molecule has 0 saturated heterocycles. The fraction of sp³-hybridized carbons (Fsp3) is 0.0714. The zero-order valence-corrected chi connectivity index (χ0v) is 11.6. The zero-order valence-electron chi connectivity index (χ0n) is 10.9. The number of carbonyl (C=O) groups excluding carboxylic acids is 1. The van der Waals surface area contributed by atoms with Gasteiger partial charge in [0, 0.05) is 5.69 Å². The van der Waals surface area contributed by atoms with E-state index in [9.17, 15) is 4.79 Å². The molecular weight excluding hydrogens is 290 g/mol. The number of hydrogen-bond donors (Lipinski definition) is 1. The third kappa shape index (κ3) is 2.97. The topological polar surface area (TPSA) is 102 Å². The van der Waals surface area contributed by atoms with Gasteiger partial charge in [-0.15, -0.1) is 0 Å². The monoisotopic (exact) mass is 297 g/mol. The molecule has 21 heavy (non-hydrogen) atoms. The standard InChI is InChI=1S/C14H8ClN5O/c1-8-18-13(15)12(7-21)14(19-8)20-11-3-2-9(5-16)10(4-11)6-17/h2-4,7H,1H3,(H,18,19,20). The minimum atomic E-state index is 0.0501. The van der Waals surface area contributed by atoms with Crippen LogP contribution < -0.4 is 5.32 Å². The van der Waals surface area contributed by atoms with Crippen molar-refractivity contribution in [1.29, 1.82) is 10.5 Å². The van der Waals surface area contributed by atoms with Crippen molar-refractivity contribution in [2.75, 3.05) is 5.32 Å². The summed E-state index contributed by atoms with van der Waals surface area (Å²) < 4.78 is 0. The highest BCUT2D eigenvalue weighted by Gasteiger charge is 2.12. The summed E-state index contributed by atoms with van der Waals surface area (Å²) in [5.41, 5.74) is 1.15. The van der Waals surface area contributed by atoms with Crippen molar-refractivity contribution in [3.8, 4) is 12.1 Å². The van der Waals surface area contributed by atoms with Crippen LogP contribution in [0, 0.1) is 29.6 Å². The van der Waals surface area contributed by atoms with Crippen molar-refractivity contribution < 1.29 is 4.79 Å². The average Bonchev–Trinajstić information content (AvgIpc) is 2.46. The second kappa shape index (κ2) is 6.00. The number of aryl methyl sites for hydroxylation is 1. The first-order chi connectivity index (χ1) is 10.1. The molecule has 6 nitrogen and oxygen atoms in total. The number of aldehydes is 1. The molecule has 0 radical (unpaired) electrons. The van der Waals surface area contributed by atoms with Crippen LogP contribution in [0.3, 0.4) is 0 Å². The van der Waals surface area contributed by atoms with E-state index in [1.807, 2.05) is 12.1 Å². The molecule has 0 aliphatic heterocycles. The van der Waals surface area contributed by atoms with Gasteiger partial charge in [-0.2, -0.15) is 10.5 Å². The minimum absolute atomic E-state index is 0.0501. The number of carbonyl (C=O) groups is 1. The van der Waals surface area contributed by atoms with Gasteiger partial charge in [0.15, 0.2) is 6.29 Å². The largest absolute Gasteiger partial charge is 0.339 e. The minimum Gasteiger partial charge on any atom is -0.339 e. The SMILES string of the molecule is Cc1nc(Cl)c(C=O)c(Nc2ccc(C#N)c(C#N)c2)n1. The van der Waals surface area contributed by atoms with E-state index in [4.69, 9.17) is 22.1 Å². The zero-order chi connectivity index (χ0) is 15.4. The molecule has 0 atom stereocenters. The molecule has 0 saturated carbocycles. The van der Waals surface area contributed by atoms with E-state index in [2.05, 4.69) is 15.3 Å². The molecule has 1 aromatic heterocycles. The number of nitrogens with one attached hydrogen (secondary N) is 1. The molecule has 1 N–H and O–H groups in total. The predicted molar refractivity (Wildman–Crippen MR) is 76.3 cm³/mol. The summed E-state index contributed by atoms with van der Waals surface area (Å²) in [4.78, 5) is 19.1. The number of nitriles is 2. The smallest absolute Gasteiger partial charge is 0.156 e. The Bertz CT molecular complexity index is 804. The summed E-state index contributed by atoms with van der Waals surface area (Å²) in [5, 5.41) is 20.8. The van der Waals surface area contributed by atoms with Crippen molar-refractivity contribution in [1.82, 2.24) is 9.97 Å². The maximum Gasteiger partial charge on any atom is 0.156 e. The Labute approximate surface area is 125 Å². The van der Waals surface area contributed by atoms with Crippen LogP contribution in [0.4, 0.5) is 11.5 Å². The van der Waals surface area contributed by atoms with Gasteiger partial charge < -0.3 is 5.32 Å². The number of benzene rings is 1. The summed E-state index contributed by atoms with van der Waals surface area (Å²) in [7, 11) is 0. The van der Waals surface area contributed by atoms with E-state index >= 15 is 0 Å². The van der Waals surface area contributed by atoms with Crippen LogP contribution in [0.15, 0.2) is 18.2 Å². The molecule has 2 aromatic rings. The fourth-order valence-corrected chi connectivity index (χ4v) is 1.95. The molecule has 7 heteroatoms. The van der Waals surface area contributed by atoms with Crippen molar-refractivity contribution in [3.05, 3.63) is 45.9 Å². The van der Waals surface area contributed by atoms with Crippen LogP contribution in [0.25, 0.3) is 0 Å². The summed E-state index contributed by atoms with van der Waals surface area (Å²) in [6, 6.07) is 8.48. The molecule has 2 rings (SSSR count). The Morgan fingerprint density at radius 1 is 1.24 bits per heavy atom. The molecule has 0 spiro atoms. The number of hydrogen-bond acceptors (Lipinski definition) is 6. The van der Waals surface area contributed by atoms with Gasteiger partial charge in [0.1, 0.15) is 28.9 Å². The highest BCUT2D eigenvalue weighted by Crippen LogP contribution is 2.24. The van der Waals surface area contributed by atoms with Crippen molar-refractivity contribution in [2.24, 2.45) is 0 Å². The molecule has 1 heterocycles. The van der Waals surface area contributed by atoms with Gasteiger partial charge in [-0.3, -0.25) is 4.79 Å². The number of halogens is 1. The lowest BCUT2D eigenvalue weighted by molar-refractivity contribution is 0.112. The van der Waals surface area contributed by atoms with Gasteiger partial charge in [-0.1, -0.05) is 11.6 Å². The third-order valence-electron chi connectivity index (χ3n) is 2.65. The molecule has 0 aliphatic rings. The molecule has 0 amide bonds. The van der Waals surface area contributed by atoms with Gasteiger partial charge in [0.25, 0.3) is 0 Å². The van der Waals surface area contributed by atoms with Crippen LogP contribution in [0.1, 0.15) is 27.3 Å². The molecule has 0 bridgehead atoms. The van der Waals surface area contributed by atoms with E-state index in [1.54, 1.807) is 13.0 Å². The van der Waals surface area contributed by atoms with Crippen LogP contribution in [-0.2, 0) is 0 Å². The summed E-state index contributed by atoms with van der Waals surface area (Å²) >= 11 is 5.89. The van der Waals surface area contributed by atoms with E-state index in [-0.39, 0.29) is 27.7 Å². The molecule has 0 aliphatic carbocycles. The molecule has 1 aromatic carbocycles. The van der Waals surface area contributed by atoms with Gasteiger partial charge >= 0.3 is 0 Å². The molecule has 0 unspecified atom stereocenters. The highest BCUT2D eigenvalue weighted by atomic mass is 35.5. The van der Waals surface area contributed by atoms with E-state index < -0.39 is 0 Å². The lowest BCUT2D eigenvalue weighted by Gasteiger charge is -2.10. The van der Waals surface area contributed by atoms with Crippen molar-refractivity contribution in [2.45, 2.75) is 6.92 Å². The summed E-state index contributed by atoms with van der Waals surface area (Å²) in [6.45, 7) is 1.64. The first-order valence-electron chi connectivity index (χ1n) is 5.79. The van der Waals surface area contributed by atoms with E-state index in [0.717, 1.165) is 0 Å². The van der Waals surface area contributed by atoms with Crippen LogP contribution >= 0.6 is 11.6 Å².